The van der Waals surface area contributed by atoms with Gasteiger partial charge in [0.05, 0.1) is 10.8 Å². The second-order valence-corrected chi connectivity index (χ2v) is 6.13. The van der Waals surface area contributed by atoms with E-state index in [4.69, 9.17) is 11.6 Å². The molecule has 2 N–H and O–H groups in total. The lowest BCUT2D eigenvalue weighted by Crippen LogP contribution is -2.23. The Bertz CT molecular complexity index is 706. The zero-order valence-corrected chi connectivity index (χ0v) is 14.2. The largest absolute Gasteiger partial charge is 0.352 e. The van der Waals surface area contributed by atoms with Crippen molar-refractivity contribution >= 4 is 40.9 Å². The molecule has 0 atom stereocenters. The molecule has 2 amide bonds. The van der Waals surface area contributed by atoms with Gasteiger partial charge in [0.2, 0.25) is 5.91 Å². The lowest BCUT2D eigenvalue weighted by atomic mass is 10.2. The summed E-state index contributed by atoms with van der Waals surface area (Å²) in [6.45, 7) is 2.42. The van der Waals surface area contributed by atoms with Crippen LogP contribution < -0.4 is 10.6 Å². The van der Waals surface area contributed by atoms with Crippen LogP contribution in [-0.2, 0) is 4.79 Å². The van der Waals surface area contributed by atoms with Crippen molar-refractivity contribution in [2.24, 2.45) is 0 Å². The highest BCUT2D eigenvalue weighted by Gasteiger charge is 2.08. The van der Waals surface area contributed by atoms with Crippen molar-refractivity contribution < 1.29 is 9.59 Å². The normalized spacial score (nSPS) is 10.2. The first-order valence-corrected chi connectivity index (χ1v) is 8.52. The monoisotopic (exact) mass is 348 g/mol. The summed E-state index contributed by atoms with van der Waals surface area (Å²) in [7, 11) is 0. The van der Waals surface area contributed by atoms with Gasteiger partial charge in [-0.2, -0.15) is 0 Å². The Hall–Kier alpha value is -1.98. The molecule has 0 spiro atoms. The van der Waals surface area contributed by atoms with E-state index in [9.17, 15) is 9.59 Å². The van der Waals surface area contributed by atoms with Crippen LogP contribution in [-0.4, -0.2) is 24.1 Å². The van der Waals surface area contributed by atoms with Crippen molar-refractivity contribution in [3.63, 3.8) is 0 Å². The SMILES string of the molecule is CCNC(=O)c1cccc(NC(=O)CSc2ccccc2Cl)c1. The van der Waals surface area contributed by atoms with E-state index in [2.05, 4.69) is 10.6 Å². The Kier molecular flexibility index (Phi) is 6.50. The minimum atomic E-state index is -0.158. The van der Waals surface area contributed by atoms with Gasteiger partial charge in [0.25, 0.3) is 5.91 Å². The Morgan fingerprint density at radius 1 is 1.13 bits per heavy atom. The third-order valence-electron chi connectivity index (χ3n) is 2.94. The van der Waals surface area contributed by atoms with Gasteiger partial charge in [-0.3, -0.25) is 9.59 Å². The van der Waals surface area contributed by atoms with Crippen LogP contribution in [0, 0.1) is 0 Å². The first-order valence-electron chi connectivity index (χ1n) is 7.15. The number of rotatable bonds is 6. The zero-order chi connectivity index (χ0) is 16.7. The second-order valence-electron chi connectivity index (χ2n) is 4.71. The van der Waals surface area contributed by atoms with Crippen LogP contribution in [0.4, 0.5) is 5.69 Å². The van der Waals surface area contributed by atoms with Gasteiger partial charge in [0, 0.05) is 22.7 Å². The van der Waals surface area contributed by atoms with Gasteiger partial charge < -0.3 is 10.6 Å². The molecule has 0 aliphatic carbocycles. The molecule has 0 bridgehead atoms. The van der Waals surface area contributed by atoms with Gasteiger partial charge in [-0.05, 0) is 37.3 Å². The fraction of sp³-hybridized carbons (Fsp3) is 0.176. The molecule has 6 heteroatoms. The van der Waals surface area contributed by atoms with Crippen LogP contribution in [0.2, 0.25) is 5.02 Å². The van der Waals surface area contributed by atoms with Crippen LogP contribution in [0.25, 0.3) is 0 Å². The quantitative estimate of drug-likeness (QED) is 0.780. The topological polar surface area (TPSA) is 58.2 Å². The maximum absolute atomic E-state index is 12.0. The highest BCUT2D eigenvalue weighted by molar-refractivity contribution is 8.00. The molecule has 2 rings (SSSR count). The molecule has 2 aromatic rings. The van der Waals surface area contributed by atoms with E-state index in [-0.39, 0.29) is 17.6 Å². The summed E-state index contributed by atoms with van der Waals surface area (Å²) in [6, 6.07) is 14.2. The minimum Gasteiger partial charge on any atom is -0.352 e. The molecule has 0 aliphatic rings. The maximum Gasteiger partial charge on any atom is 0.251 e. The number of thioether (sulfide) groups is 1. The third-order valence-corrected chi connectivity index (χ3v) is 4.46. The first kappa shape index (κ1) is 17.4. The van der Waals surface area contributed by atoms with Crippen molar-refractivity contribution in [1.82, 2.24) is 5.32 Å². The zero-order valence-electron chi connectivity index (χ0n) is 12.6. The van der Waals surface area contributed by atoms with Crippen molar-refractivity contribution in [1.29, 1.82) is 0 Å². The average Bonchev–Trinajstić information content (AvgIpc) is 2.54. The lowest BCUT2D eigenvalue weighted by molar-refractivity contribution is -0.113. The minimum absolute atomic E-state index is 0.150. The molecule has 0 saturated carbocycles. The van der Waals surface area contributed by atoms with Crippen LogP contribution >= 0.6 is 23.4 Å². The number of hydrogen-bond acceptors (Lipinski definition) is 3. The maximum atomic E-state index is 12.0. The van der Waals surface area contributed by atoms with Crippen molar-refractivity contribution in [2.45, 2.75) is 11.8 Å². The van der Waals surface area contributed by atoms with E-state index in [0.29, 0.717) is 22.8 Å². The number of carbonyl (C=O) groups is 2. The molecule has 0 aliphatic heterocycles. The summed E-state index contributed by atoms with van der Waals surface area (Å²) < 4.78 is 0. The van der Waals surface area contributed by atoms with E-state index >= 15 is 0 Å². The Morgan fingerprint density at radius 3 is 2.65 bits per heavy atom. The van der Waals surface area contributed by atoms with Crippen molar-refractivity contribution in [3.05, 3.63) is 59.1 Å². The number of amides is 2. The molecule has 0 unspecified atom stereocenters. The molecule has 2 aromatic carbocycles. The van der Waals surface area contributed by atoms with E-state index < -0.39 is 0 Å². The van der Waals surface area contributed by atoms with Gasteiger partial charge in [0.1, 0.15) is 0 Å². The smallest absolute Gasteiger partial charge is 0.251 e. The summed E-state index contributed by atoms with van der Waals surface area (Å²) in [5.74, 6) is -0.0632. The summed E-state index contributed by atoms with van der Waals surface area (Å²) in [5, 5.41) is 6.14. The molecule has 4 nitrogen and oxygen atoms in total. The van der Waals surface area contributed by atoms with Crippen LogP contribution in [0.15, 0.2) is 53.4 Å². The van der Waals surface area contributed by atoms with Gasteiger partial charge >= 0.3 is 0 Å². The predicted octanol–water partition coefficient (Wildman–Crippen LogP) is 3.82. The molecule has 0 fully saturated rings. The third kappa shape index (κ3) is 5.30. The number of anilines is 1. The lowest BCUT2D eigenvalue weighted by Gasteiger charge is -2.08. The van der Waals surface area contributed by atoms with Crippen LogP contribution in [0.1, 0.15) is 17.3 Å². The fourth-order valence-electron chi connectivity index (χ4n) is 1.90. The molecule has 0 radical (unpaired) electrons. The molecule has 0 saturated heterocycles. The first-order chi connectivity index (χ1) is 11.1. The molecule has 23 heavy (non-hydrogen) atoms. The van der Waals surface area contributed by atoms with Gasteiger partial charge in [-0.15, -0.1) is 11.8 Å². The van der Waals surface area contributed by atoms with E-state index in [1.807, 2.05) is 25.1 Å². The summed E-state index contributed by atoms with van der Waals surface area (Å²) in [5.41, 5.74) is 1.11. The molecular weight excluding hydrogens is 332 g/mol. The van der Waals surface area contributed by atoms with Crippen LogP contribution in [0.5, 0.6) is 0 Å². The standard InChI is InChI=1S/C17H17ClN2O2S/c1-2-19-17(22)12-6-5-7-13(10-12)20-16(21)11-23-15-9-4-3-8-14(15)18/h3-10H,2,11H2,1H3,(H,19,22)(H,20,21). The van der Waals surface area contributed by atoms with E-state index in [1.165, 1.54) is 11.8 Å². The summed E-state index contributed by atoms with van der Waals surface area (Å²) >= 11 is 7.43. The van der Waals surface area contributed by atoms with Gasteiger partial charge in [-0.1, -0.05) is 29.8 Å². The second kappa shape index (κ2) is 8.60. The number of carbonyl (C=O) groups excluding carboxylic acids is 2. The Morgan fingerprint density at radius 2 is 1.91 bits per heavy atom. The van der Waals surface area contributed by atoms with E-state index in [0.717, 1.165) is 4.90 Å². The molecule has 0 heterocycles. The Balaban J connectivity index is 1.94. The van der Waals surface area contributed by atoms with Gasteiger partial charge in [0.15, 0.2) is 0 Å². The van der Waals surface area contributed by atoms with E-state index in [1.54, 1.807) is 30.3 Å². The predicted molar refractivity (Wildman–Crippen MR) is 95.3 cm³/mol. The number of hydrogen-bond donors (Lipinski definition) is 2. The Labute approximate surface area is 144 Å². The fourth-order valence-corrected chi connectivity index (χ4v) is 2.94. The molecular formula is C17H17ClN2O2S. The van der Waals surface area contributed by atoms with Gasteiger partial charge in [-0.25, -0.2) is 0 Å². The highest BCUT2D eigenvalue weighted by Crippen LogP contribution is 2.26. The average molecular weight is 349 g/mol. The summed E-state index contributed by atoms with van der Waals surface area (Å²) in [6.07, 6.45) is 0. The molecule has 0 aromatic heterocycles. The number of halogens is 1. The number of nitrogens with one attached hydrogen (secondary N) is 2. The van der Waals surface area contributed by atoms with Crippen LogP contribution in [0.3, 0.4) is 0 Å². The van der Waals surface area contributed by atoms with Crippen molar-refractivity contribution in [3.8, 4) is 0 Å². The highest BCUT2D eigenvalue weighted by atomic mass is 35.5. The van der Waals surface area contributed by atoms with Crippen molar-refractivity contribution in [2.75, 3.05) is 17.6 Å². The summed E-state index contributed by atoms with van der Waals surface area (Å²) in [4.78, 5) is 24.7. The molecule has 120 valence electrons. The number of benzene rings is 2.